The molecule has 100 valence electrons. The maximum Gasteiger partial charge on any atom is 0.353 e. The third-order valence-electron chi connectivity index (χ3n) is 3.55. The minimum atomic E-state index is -1.21. The van der Waals surface area contributed by atoms with Crippen molar-refractivity contribution in [2.45, 2.75) is 31.1 Å². The third-order valence-corrected chi connectivity index (χ3v) is 3.55. The van der Waals surface area contributed by atoms with Gasteiger partial charge in [0.2, 0.25) is 0 Å². The molecule has 2 bridgehead atoms. The molecule has 4 atom stereocenters. The topological polar surface area (TPSA) is 141 Å². The molecule has 2 aromatic heterocycles. The summed E-state index contributed by atoms with van der Waals surface area (Å²) in [4.78, 5) is 15.6. The smallest absolute Gasteiger partial charge is 0.353 e. The van der Waals surface area contributed by atoms with Crippen LogP contribution in [0, 0.1) is 0 Å². The van der Waals surface area contributed by atoms with E-state index in [1.165, 1.54) is 4.68 Å². The van der Waals surface area contributed by atoms with Crippen molar-refractivity contribution >= 4 is 17.0 Å². The summed E-state index contributed by atoms with van der Waals surface area (Å²) >= 11 is 0. The first kappa shape index (κ1) is 10.8. The summed E-state index contributed by atoms with van der Waals surface area (Å²) in [6.45, 7) is 0.175. The third kappa shape index (κ3) is 1.20. The monoisotopic (exact) mass is 266 g/mol. The largest absolute Gasteiger partial charge is 0.387 e. The van der Waals surface area contributed by atoms with Gasteiger partial charge in [-0.05, 0) is 0 Å². The van der Waals surface area contributed by atoms with Crippen LogP contribution in [0.3, 0.4) is 0 Å². The van der Waals surface area contributed by atoms with Crippen LogP contribution in [0.5, 0.6) is 0 Å². The van der Waals surface area contributed by atoms with E-state index in [0.717, 1.165) is 4.57 Å². The predicted octanol–water partition coefficient (Wildman–Crippen LogP) is -2.80. The summed E-state index contributed by atoms with van der Waals surface area (Å²) in [5.41, 5.74) is 5.58. The summed E-state index contributed by atoms with van der Waals surface area (Å²) in [7, 11) is 0. The molecule has 0 saturated carbocycles. The van der Waals surface area contributed by atoms with Gasteiger partial charge in [-0.3, -0.25) is 0 Å². The van der Waals surface area contributed by atoms with E-state index in [0.29, 0.717) is 5.65 Å². The lowest BCUT2D eigenvalue weighted by Crippen LogP contribution is -2.39. The normalized spacial score (nSPS) is 32.7. The van der Waals surface area contributed by atoms with Gasteiger partial charge in [-0.15, -0.1) is 5.10 Å². The maximum atomic E-state index is 12.0. The zero-order valence-corrected chi connectivity index (χ0v) is 9.54. The highest BCUT2D eigenvalue weighted by Crippen LogP contribution is 2.34. The van der Waals surface area contributed by atoms with Crippen LogP contribution < -0.4 is 11.4 Å². The zero-order valence-electron chi connectivity index (χ0n) is 9.54. The quantitative estimate of drug-likeness (QED) is 0.464. The van der Waals surface area contributed by atoms with Gasteiger partial charge in [0.25, 0.3) is 0 Å². The van der Waals surface area contributed by atoms with Crippen LogP contribution in [0.2, 0.25) is 0 Å². The van der Waals surface area contributed by atoms with Crippen LogP contribution in [-0.2, 0) is 11.3 Å². The Morgan fingerprint density at radius 1 is 1.37 bits per heavy atom. The van der Waals surface area contributed by atoms with Crippen LogP contribution >= 0.6 is 0 Å². The van der Waals surface area contributed by atoms with Gasteiger partial charge < -0.3 is 20.7 Å². The minimum absolute atomic E-state index is 0.0182. The molecule has 10 nitrogen and oxygen atoms in total. The average Bonchev–Trinajstić information content (AvgIpc) is 2.82. The van der Waals surface area contributed by atoms with Gasteiger partial charge in [0.1, 0.15) is 18.3 Å². The second kappa shape index (κ2) is 3.29. The van der Waals surface area contributed by atoms with Crippen molar-refractivity contribution < 1.29 is 14.9 Å². The summed E-state index contributed by atoms with van der Waals surface area (Å²) in [5.74, 6) is -0.0182. The summed E-state index contributed by atoms with van der Waals surface area (Å²) in [5, 5.41) is 27.6. The molecule has 0 aromatic carbocycles. The van der Waals surface area contributed by atoms with Crippen LogP contribution in [0.15, 0.2) is 4.79 Å². The predicted molar refractivity (Wildman–Crippen MR) is 59.9 cm³/mol. The highest BCUT2D eigenvalue weighted by Gasteiger charge is 2.47. The highest BCUT2D eigenvalue weighted by atomic mass is 16.6. The lowest BCUT2D eigenvalue weighted by molar-refractivity contribution is -0.0357. The van der Waals surface area contributed by atoms with E-state index in [9.17, 15) is 15.0 Å². The van der Waals surface area contributed by atoms with E-state index in [1.807, 2.05) is 0 Å². The molecule has 19 heavy (non-hydrogen) atoms. The number of nitrogen functional groups attached to an aromatic ring is 1. The second-order valence-corrected chi connectivity index (χ2v) is 4.64. The highest BCUT2D eigenvalue weighted by molar-refractivity contribution is 5.81. The molecule has 2 aliphatic rings. The number of anilines is 1. The van der Waals surface area contributed by atoms with Crippen LogP contribution in [0.25, 0.3) is 11.2 Å². The first-order valence-corrected chi connectivity index (χ1v) is 5.70. The zero-order chi connectivity index (χ0) is 13.3. The number of ether oxygens (including phenoxy) is 1. The number of fused-ring (bicyclic) bond motifs is 3. The molecular formula is C9H10N6O4. The molecule has 1 fully saturated rings. The average molecular weight is 266 g/mol. The number of nitrogens with two attached hydrogens (primary N) is 1. The molecule has 0 aliphatic carbocycles. The Bertz CT molecular complexity index is 738. The van der Waals surface area contributed by atoms with Crippen LogP contribution in [0.4, 0.5) is 5.82 Å². The van der Waals surface area contributed by atoms with Crippen molar-refractivity contribution in [2.24, 2.45) is 0 Å². The van der Waals surface area contributed by atoms with Crippen molar-refractivity contribution in [3.05, 3.63) is 10.5 Å². The fourth-order valence-electron chi connectivity index (χ4n) is 2.63. The fraction of sp³-hybridized carbons (Fsp3) is 0.556. The Balaban J connectivity index is 2.11. The Kier molecular flexibility index (Phi) is 1.88. The van der Waals surface area contributed by atoms with E-state index in [-0.39, 0.29) is 17.9 Å². The number of hydrogen-bond donors (Lipinski definition) is 3. The Labute approximate surface area is 105 Å². The Morgan fingerprint density at radius 3 is 2.95 bits per heavy atom. The number of rotatable bonds is 0. The van der Waals surface area contributed by atoms with E-state index >= 15 is 0 Å². The van der Waals surface area contributed by atoms with Gasteiger partial charge in [-0.25, -0.2) is 14.0 Å². The van der Waals surface area contributed by atoms with Crippen molar-refractivity contribution in [2.75, 3.05) is 5.73 Å². The lowest BCUT2D eigenvalue weighted by Gasteiger charge is -2.19. The molecule has 0 spiro atoms. The number of aliphatic hydroxyl groups excluding tert-OH is 2. The molecule has 2 aliphatic heterocycles. The summed E-state index contributed by atoms with van der Waals surface area (Å²) in [6.07, 6.45) is -3.98. The minimum Gasteiger partial charge on any atom is -0.387 e. The number of aliphatic hydroxyl groups is 2. The van der Waals surface area contributed by atoms with Gasteiger partial charge in [-0.2, -0.15) is 4.98 Å². The SMILES string of the molecule is Nc1nc(=O)n2c3c1nnn3C[C@H]1OC2C(O)C1O. The molecule has 1 saturated heterocycles. The van der Waals surface area contributed by atoms with Gasteiger partial charge >= 0.3 is 5.69 Å². The molecule has 4 rings (SSSR count). The van der Waals surface area contributed by atoms with Crippen molar-refractivity contribution in [1.29, 1.82) is 0 Å². The second-order valence-electron chi connectivity index (χ2n) is 4.64. The Hall–Kier alpha value is -2.04. The first-order chi connectivity index (χ1) is 9.08. The van der Waals surface area contributed by atoms with E-state index < -0.39 is 30.2 Å². The molecular weight excluding hydrogens is 256 g/mol. The van der Waals surface area contributed by atoms with Crippen molar-refractivity contribution in [3.8, 4) is 0 Å². The molecule has 0 amide bonds. The fourth-order valence-corrected chi connectivity index (χ4v) is 2.63. The van der Waals surface area contributed by atoms with E-state index in [1.54, 1.807) is 0 Å². The summed E-state index contributed by atoms with van der Waals surface area (Å²) in [6, 6.07) is 0. The van der Waals surface area contributed by atoms with E-state index in [2.05, 4.69) is 15.3 Å². The molecule has 4 heterocycles. The standard InChI is InChI=1S/C9H10N6O4/c10-6-3-7-14(13-12-3)1-2-4(16)5(17)8(19-2)15(7)9(18)11-6/h2,4-5,8,16-17H,1H2,(H2,10,11,18)/t2-,4?,5?,8?/m1/s1. The molecule has 3 unspecified atom stereocenters. The number of aromatic nitrogens is 5. The van der Waals surface area contributed by atoms with Gasteiger partial charge in [0.15, 0.2) is 23.2 Å². The van der Waals surface area contributed by atoms with Crippen LogP contribution in [0.1, 0.15) is 6.23 Å². The molecule has 10 heteroatoms. The molecule has 0 radical (unpaired) electrons. The maximum absolute atomic E-state index is 12.0. The first-order valence-electron chi connectivity index (χ1n) is 5.70. The lowest BCUT2D eigenvalue weighted by atomic mass is 10.1. The summed E-state index contributed by atoms with van der Waals surface area (Å²) < 4.78 is 8.05. The van der Waals surface area contributed by atoms with Gasteiger partial charge in [-0.1, -0.05) is 5.21 Å². The van der Waals surface area contributed by atoms with E-state index in [4.69, 9.17) is 10.5 Å². The van der Waals surface area contributed by atoms with Crippen molar-refractivity contribution in [1.82, 2.24) is 24.5 Å². The molecule has 4 N–H and O–H groups in total. The van der Waals surface area contributed by atoms with Crippen molar-refractivity contribution in [3.63, 3.8) is 0 Å². The molecule has 2 aromatic rings. The van der Waals surface area contributed by atoms with Gasteiger partial charge in [0.05, 0.1) is 6.54 Å². The number of nitrogens with zero attached hydrogens (tertiary/aromatic N) is 5. The van der Waals surface area contributed by atoms with Gasteiger partial charge in [0, 0.05) is 0 Å². The van der Waals surface area contributed by atoms with Crippen LogP contribution in [-0.4, -0.2) is 53.1 Å². The Morgan fingerprint density at radius 2 is 2.16 bits per heavy atom. The number of hydrogen-bond acceptors (Lipinski definition) is 8.